The fourth-order valence-corrected chi connectivity index (χ4v) is 3.88. The van der Waals surface area contributed by atoms with Gasteiger partial charge in [0.2, 0.25) is 5.91 Å². The number of hydrogen-bond donors (Lipinski definition) is 2. The van der Waals surface area contributed by atoms with Gasteiger partial charge in [0.15, 0.2) is 22.4 Å². The largest absolute Gasteiger partial charge is 0.351 e. The third-order valence-electron chi connectivity index (χ3n) is 4.38. The van der Waals surface area contributed by atoms with Gasteiger partial charge < -0.3 is 5.32 Å². The Labute approximate surface area is 183 Å². The smallest absolute Gasteiger partial charge is 0.269 e. The number of hydrogen-bond acceptors (Lipinski definition) is 5. The first-order valence-corrected chi connectivity index (χ1v) is 10.3. The van der Waals surface area contributed by atoms with Gasteiger partial charge in [0.25, 0.3) is 5.56 Å². The van der Waals surface area contributed by atoms with Crippen LogP contribution in [0.3, 0.4) is 0 Å². The van der Waals surface area contributed by atoms with Gasteiger partial charge in [-0.25, -0.2) is 13.8 Å². The van der Waals surface area contributed by atoms with E-state index in [1.165, 1.54) is 12.3 Å². The van der Waals surface area contributed by atoms with E-state index in [-0.39, 0.29) is 40.1 Å². The highest BCUT2D eigenvalue weighted by Crippen LogP contribution is 2.22. The number of nitrogens with zero attached hydrogens (tertiary/aromatic N) is 3. The first kappa shape index (κ1) is 21.0. The molecule has 0 saturated carbocycles. The predicted molar refractivity (Wildman–Crippen MR) is 113 cm³/mol. The first-order valence-electron chi connectivity index (χ1n) is 8.98. The molecule has 31 heavy (non-hydrogen) atoms. The van der Waals surface area contributed by atoms with Crippen LogP contribution in [0, 0.1) is 11.6 Å². The second-order valence-corrected chi connectivity index (χ2v) is 7.77. The Hall–Kier alpha value is -3.24. The highest BCUT2D eigenvalue weighted by atomic mass is 35.5. The van der Waals surface area contributed by atoms with E-state index in [0.717, 1.165) is 34.0 Å². The maximum Gasteiger partial charge on any atom is 0.269 e. The van der Waals surface area contributed by atoms with Crippen molar-refractivity contribution in [3.63, 3.8) is 0 Å². The predicted octanol–water partition coefficient (Wildman–Crippen LogP) is 3.45. The number of benzene rings is 2. The fourth-order valence-electron chi connectivity index (χ4n) is 2.84. The van der Waals surface area contributed by atoms with E-state index in [9.17, 15) is 18.4 Å². The summed E-state index contributed by atoms with van der Waals surface area (Å²) in [5.41, 5.74) is 0.545. The average molecular weight is 462 g/mol. The number of aromatic nitrogens is 4. The molecule has 4 aromatic rings. The van der Waals surface area contributed by atoms with Crippen LogP contribution in [0.25, 0.3) is 16.7 Å². The van der Waals surface area contributed by atoms with Crippen LogP contribution in [0.1, 0.15) is 5.56 Å². The van der Waals surface area contributed by atoms with Crippen molar-refractivity contribution in [2.75, 3.05) is 5.75 Å². The van der Waals surface area contributed by atoms with Crippen molar-refractivity contribution in [2.24, 2.45) is 0 Å². The molecule has 2 aromatic carbocycles. The van der Waals surface area contributed by atoms with E-state index in [1.54, 1.807) is 18.2 Å². The molecule has 2 N–H and O–H groups in total. The molecule has 158 valence electrons. The monoisotopic (exact) mass is 461 g/mol. The van der Waals surface area contributed by atoms with E-state index in [2.05, 4.69) is 20.5 Å². The van der Waals surface area contributed by atoms with Gasteiger partial charge in [-0.1, -0.05) is 41.6 Å². The van der Waals surface area contributed by atoms with Gasteiger partial charge in [-0.15, -0.1) is 0 Å². The minimum atomic E-state index is -1.11. The zero-order valence-corrected chi connectivity index (χ0v) is 17.3. The Morgan fingerprint density at radius 3 is 2.77 bits per heavy atom. The summed E-state index contributed by atoms with van der Waals surface area (Å²) >= 11 is 7.06. The topological polar surface area (TPSA) is 92.7 Å². The zero-order valence-electron chi connectivity index (χ0n) is 15.7. The second kappa shape index (κ2) is 8.86. The Kier molecular flexibility index (Phi) is 6.01. The SMILES string of the molecule is O=C(CSc1nc2[nH]ncc2c(=O)n1-c1ccc(F)c(F)c1)NCc1ccccc1Cl. The van der Waals surface area contributed by atoms with Crippen LogP contribution in [0.2, 0.25) is 5.02 Å². The maximum atomic E-state index is 13.8. The molecule has 0 radical (unpaired) electrons. The molecule has 0 spiro atoms. The summed E-state index contributed by atoms with van der Waals surface area (Å²) < 4.78 is 28.3. The third kappa shape index (κ3) is 4.44. The molecule has 0 saturated heterocycles. The summed E-state index contributed by atoms with van der Waals surface area (Å²) in [6, 6.07) is 10.2. The lowest BCUT2D eigenvalue weighted by atomic mass is 10.2. The maximum absolute atomic E-state index is 13.8. The van der Waals surface area contributed by atoms with Crippen molar-refractivity contribution in [1.82, 2.24) is 25.1 Å². The van der Waals surface area contributed by atoms with Crippen LogP contribution < -0.4 is 10.9 Å². The number of rotatable bonds is 6. The molecule has 0 bridgehead atoms. The van der Waals surface area contributed by atoms with Gasteiger partial charge in [-0.05, 0) is 23.8 Å². The molecule has 1 amide bonds. The molecular formula is C20H14ClF2N5O2S. The Morgan fingerprint density at radius 2 is 2.00 bits per heavy atom. The zero-order chi connectivity index (χ0) is 22.0. The summed E-state index contributed by atoms with van der Waals surface area (Å²) in [7, 11) is 0. The van der Waals surface area contributed by atoms with Crippen molar-refractivity contribution < 1.29 is 13.6 Å². The molecular weight excluding hydrogens is 448 g/mol. The van der Waals surface area contributed by atoms with Gasteiger partial charge in [0.1, 0.15) is 5.39 Å². The number of halogens is 3. The molecule has 0 aliphatic rings. The van der Waals surface area contributed by atoms with Gasteiger partial charge in [-0.2, -0.15) is 5.10 Å². The fraction of sp³-hybridized carbons (Fsp3) is 0.100. The van der Waals surface area contributed by atoms with E-state index in [0.29, 0.717) is 5.02 Å². The van der Waals surface area contributed by atoms with Crippen molar-refractivity contribution in [1.29, 1.82) is 0 Å². The van der Waals surface area contributed by atoms with Crippen molar-refractivity contribution in [3.05, 3.63) is 81.2 Å². The lowest BCUT2D eigenvalue weighted by molar-refractivity contribution is -0.118. The van der Waals surface area contributed by atoms with Crippen LogP contribution >= 0.6 is 23.4 Å². The van der Waals surface area contributed by atoms with Gasteiger partial charge >= 0.3 is 0 Å². The summed E-state index contributed by atoms with van der Waals surface area (Å²) in [5, 5.41) is 9.99. The number of H-pyrrole nitrogens is 1. The van der Waals surface area contributed by atoms with Crippen LogP contribution in [0.4, 0.5) is 8.78 Å². The third-order valence-corrected chi connectivity index (χ3v) is 5.69. The minimum absolute atomic E-state index is 0.0692. The number of nitrogens with one attached hydrogen (secondary N) is 2. The molecule has 0 fully saturated rings. The van der Waals surface area contributed by atoms with E-state index < -0.39 is 17.2 Å². The normalized spacial score (nSPS) is 11.1. The standard InChI is InChI=1S/C20H14ClF2N5O2S/c21-14-4-2-1-3-11(14)8-24-17(29)10-31-20-26-18-13(9-25-27-18)19(30)28(20)12-5-6-15(22)16(23)7-12/h1-7,9H,8,10H2,(H,24,29)(H,25,27). The van der Waals surface area contributed by atoms with Crippen molar-refractivity contribution >= 4 is 40.3 Å². The number of carbonyl (C=O) groups is 1. The summed E-state index contributed by atoms with van der Waals surface area (Å²) in [4.78, 5) is 29.6. The number of aromatic amines is 1. The van der Waals surface area contributed by atoms with Crippen LogP contribution in [-0.4, -0.2) is 31.4 Å². The van der Waals surface area contributed by atoms with E-state index in [4.69, 9.17) is 11.6 Å². The first-order chi connectivity index (χ1) is 14.9. The Morgan fingerprint density at radius 1 is 1.19 bits per heavy atom. The number of carbonyl (C=O) groups excluding carboxylic acids is 1. The average Bonchev–Trinajstić information content (AvgIpc) is 3.23. The quantitative estimate of drug-likeness (QED) is 0.339. The molecule has 0 aliphatic heterocycles. The Bertz CT molecular complexity index is 1340. The van der Waals surface area contributed by atoms with Gasteiger partial charge in [0, 0.05) is 17.6 Å². The number of thioether (sulfide) groups is 1. The lowest BCUT2D eigenvalue weighted by Gasteiger charge is -2.12. The minimum Gasteiger partial charge on any atom is -0.351 e. The summed E-state index contributed by atoms with van der Waals surface area (Å²) in [5.74, 6) is -2.53. The van der Waals surface area contributed by atoms with Crippen LogP contribution in [0.15, 0.2) is 58.6 Å². The summed E-state index contributed by atoms with van der Waals surface area (Å²) in [6.07, 6.45) is 1.30. The number of amides is 1. The molecule has 0 unspecified atom stereocenters. The van der Waals surface area contributed by atoms with E-state index >= 15 is 0 Å². The molecule has 2 aromatic heterocycles. The lowest BCUT2D eigenvalue weighted by Crippen LogP contribution is -2.26. The van der Waals surface area contributed by atoms with Crippen LogP contribution in [-0.2, 0) is 11.3 Å². The van der Waals surface area contributed by atoms with Crippen LogP contribution in [0.5, 0.6) is 0 Å². The Balaban J connectivity index is 1.59. The second-order valence-electron chi connectivity index (χ2n) is 6.42. The molecule has 2 heterocycles. The molecule has 7 nitrogen and oxygen atoms in total. The van der Waals surface area contributed by atoms with Crippen molar-refractivity contribution in [2.45, 2.75) is 11.7 Å². The van der Waals surface area contributed by atoms with Gasteiger partial charge in [-0.3, -0.25) is 19.3 Å². The molecule has 0 atom stereocenters. The molecule has 0 aliphatic carbocycles. The highest BCUT2D eigenvalue weighted by Gasteiger charge is 2.17. The highest BCUT2D eigenvalue weighted by molar-refractivity contribution is 7.99. The molecule has 4 rings (SSSR count). The van der Waals surface area contributed by atoms with Gasteiger partial charge in [0.05, 0.1) is 17.6 Å². The summed E-state index contributed by atoms with van der Waals surface area (Å²) in [6.45, 7) is 0.238. The number of fused-ring (bicyclic) bond motifs is 1. The van der Waals surface area contributed by atoms with E-state index in [1.807, 2.05) is 6.07 Å². The van der Waals surface area contributed by atoms with Crippen molar-refractivity contribution in [3.8, 4) is 5.69 Å². The molecule has 11 heteroatoms.